The lowest BCUT2D eigenvalue weighted by atomic mass is 10.1. The minimum atomic E-state index is -4.59. The first-order chi connectivity index (χ1) is 11.1. The van der Waals surface area contributed by atoms with Gasteiger partial charge in [0.05, 0.1) is 21.4 Å². The molecule has 0 aliphatic heterocycles. The average Bonchev–Trinajstić information content (AvgIpc) is 2.52. The number of hydrogen-bond donors (Lipinski definition) is 1. The molecule has 0 heterocycles. The first-order valence-corrected chi connectivity index (χ1v) is 9.39. The highest BCUT2D eigenvalue weighted by Gasteiger charge is 2.31. The van der Waals surface area contributed by atoms with E-state index in [2.05, 4.69) is 4.72 Å². The Hall–Kier alpha value is -2.00. The van der Waals surface area contributed by atoms with Crippen LogP contribution >= 0.6 is 11.0 Å². The number of aryl methyl sites for hydroxylation is 1. The van der Waals surface area contributed by atoms with Crippen molar-refractivity contribution in [2.24, 2.45) is 0 Å². The van der Waals surface area contributed by atoms with Gasteiger partial charge >= 0.3 is 6.18 Å². The molecule has 128 valence electrons. The second kappa shape index (κ2) is 6.86. The third-order valence-corrected chi connectivity index (χ3v) is 5.83. The van der Waals surface area contributed by atoms with Crippen LogP contribution in [0, 0.1) is 6.92 Å². The first kappa shape index (κ1) is 18.3. The van der Waals surface area contributed by atoms with Crippen molar-refractivity contribution in [3.05, 3.63) is 65.2 Å². The van der Waals surface area contributed by atoms with Crippen LogP contribution in [0.4, 0.5) is 13.2 Å². The maximum absolute atomic E-state index is 12.6. The SMILES string of the molecule is Cc1ccc(S(=O)(=O)SNC(=O)c2cccc(C(F)(F)F)c2)cc1. The Morgan fingerprint density at radius 2 is 1.71 bits per heavy atom. The number of halogens is 3. The molecule has 0 aliphatic rings. The summed E-state index contributed by atoms with van der Waals surface area (Å²) in [7, 11) is -3.71. The van der Waals surface area contributed by atoms with Crippen molar-refractivity contribution in [3.63, 3.8) is 0 Å². The molecule has 0 bridgehead atoms. The molecular weight excluding hydrogens is 363 g/mol. The van der Waals surface area contributed by atoms with Crippen molar-refractivity contribution in [3.8, 4) is 0 Å². The lowest BCUT2D eigenvalue weighted by Gasteiger charge is -2.09. The number of rotatable bonds is 4. The van der Waals surface area contributed by atoms with Crippen molar-refractivity contribution < 1.29 is 26.4 Å². The van der Waals surface area contributed by atoms with Gasteiger partial charge in [0.25, 0.3) is 5.91 Å². The molecule has 0 fully saturated rings. The molecule has 1 amide bonds. The van der Waals surface area contributed by atoms with Crippen LogP contribution in [-0.2, 0) is 15.0 Å². The van der Waals surface area contributed by atoms with Crippen LogP contribution in [0.2, 0.25) is 0 Å². The van der Waals surface area contributed by atoms with Gasteiger partial charge in [-0.05, 0) is 37.3 Å². The van der Waals surface area contributed by atoms with Crippen LogP contribution in [0.15, 0.2) is 53.4 Å². The molecule has 24 heavy (non-hydrogen) atoms. The molecule has 0 radical (unpaired) electrons. The standard InChI is InChI=1S/C15H12F3NO3S2/c1-10-5-7-13(8-6-10)24(21,22)23-19-14(20)11-3-2-4-12(9-11)15(16,17)18/h2-9H,1H3,(H,19,20). The van der Waals surface area contributed by atoms with Gasteiger partial charge in [-0.3, -0.25) is 9.52 Å². The Balaban J connectivity index is 2.12. The first-order valence-electron chi connectivity index (χ1n) is 6.57. The normalized spacial score (nSPS) is 12.0. The van der Waals surface area contributed by atoms with Gasteiger partial charge in [0.2, 0.25) is 8.87 Å². The highest BCUT2D eigenvalue weighted by Crippen LogP contribution is 2.29. The van der Waals surface area contributed by atoms with E-state index < -0.39 is 26.5 Å². The monoisotopic (exact) mass is 375 g/mol. The number of benzene rings is 2. The van der Waals surface area contributed by atoms with Crippen LogP contribution < -0.4 is 4.72 Å². The maximum atomic E-state index is 12.6. The quantitative estimate of drug-likeness (QED) is 0.653. The molecule has 0 saturated heterocycles. The fraction of sp³-hybridized carbons (Fsp3) is 0.133. The van der Waals surface area contributed by atoms with E-state index in [0.29, 0.717) is 6.07 Å². The summed E-state index contributed by atoms with van der Waals surface area (Å²) < 4.78 is 64.1. The predicted molar refractivity (Wildman–Crippen MR) is 84.9 cm³/mol. The van der Waals surface area contributed by atoms with Crippen molar-refractivity contribution in [2.45, 2.75) is 18.0 Å². The molecular formula is C15H12F3NO3S2. The molecule has 2 aromatic carbocycles. The molecule has 0 aromatic heterocycles. The third kappa shape index (κ3) is 4.51. The zero-order valence-corrected chi connectivity index (χ0v) is 13.9. The number of amides is 1. The minimum absolute atomic E-state index is 0.0116. The molecule has 2 rings (SSSR count). The van der Waals surface area contributed by atoms with E-state index in [-0.39, 0.29) is 21.4 Å². The number of carbonyl (C=O) groups is 1. The molecule has 4 nitrogen and oxygen atoms in total. The largest absolute Gasteiger partial charge is 0.416 e. The number of hydrogen-bond acceptors (Lipinski definition) is 4. The Morgan fingerprint density at radius 1 is 1.08 bits per heavy atom. The summed E-state index contributed by atoms with van der Waals surface area (Å²) >= 11 is 0. The molecule has 0 aliphatic carbocycles. The molecule has 9 heteroatoms. The second-order valence-electron chi connectivity index (χ2n) is 4.86. The van der Waals surface area contributed by atoms with Gasteiger partial charge in [-0.1, -0.05) is 23.8 Å². The van der Waals surface area contributed by atoms with E-state index >= 15 is 0 Å². The van der Waals surface area contributed by atoms with Gasteiger partial charge in [-0.15, -0.1) is 0 Å². The maximum Gasteiger partial charge on any atom is 0.416 e. The van der Waals surface area contributed by atoms with E-state index in [4.69, 9.17) is 0 Å². The fourth-order valence-corrected chi connectivity index (χ4v) is 3.79. The topological polar surface area (TPSA) is 63.2 Å². The molecule has 0 saturated carbocycles. The molecule has 1 N–H and O–H groups in total. The van der Waals surface area contributed by atoms with Gasteiger partial charge < -0.3 is 0 Å². The van der Waals surface area contributed by atoms with E-state index in [9.17, 15) is 26.4 Å². The van der Waals surface area contributed by atoms with Crippen LogP contribution in [-0.4, -0.2) is 14.3 Å². The number of alkyl halides is 3. The Kier molecular flexibility index (Phi) is 5.24. The fourth-order valence-electron chi connectivity index (χ4n) is 1.74. The molecule has 0 spiro atoms. The summed E-state index contributed by atoms with van der Waals surface area (Å²) in [4.78, 5) is 11.9. The summed E-state index contributed by atoms with van der Waals surface area (Å²) in [6.45, 7) is 1.79. The molecule has 2 aromatic rings. The van der Waals surface area contributed by atoms with Crippen molar-refractivity contribution >= 4 is 25.8 Å². The number of nitrogens with one attached hydrogen (secondary N) is 1. The summed E-state index contributed by atoms with van der Waals surface area (Å²) in [5, 5.41) is 0. The van der Waals surface area contributed by atoms with Crippen molar-refractivity contribution in [2.75, 3.05) is 0 Å². The van der Waals surface area contributed by atoms with Gasteiger partial charge in [0.1, 0.15) is 0 Å². The zero-order valence-electron chi connectivity index (χ0n) is 12.3. The average molecular weight is 375 g/mol. The minimum Gasteiger partial charge on any atom is -0.283 e. The van der Waals surface area contributed by atoms with E-state index in [1.54, 1.807) is 19.1 Å². The van der Waals surface area contributed by atoms with Gasteiger partial charge in [0.15, 0.2) is 0 Å². The zero-order chi connectivity index (χ0) is 18.0. The van der Waals surface area contributed by atoms with Crippen LogP contribution in [0.1, 0.15) is 21.5 Å². The highest BCUT2D eigenvalue weighted by molar-refractivity contribution is 8.71. The lowest BCUT2D eigenvalue weighted by Crippen LogP contribution is -2.19. The van der Waals surface area contributed by atoms with Crippen LogP contribution in [0.25, 0.3) is 0 Å². The van der Waals surface area contributed by atoms with Crippen molar-refractivity contribution in [1.82, 2.24) is 4.72 Å². The Bertz CT molecular complexity index is 847. The third-order valence-electron chi connectivity index (χ3n) is 3.01. The van der Waals surface area contributed by atoms with E-state index in [1.165, 1.54) is 18.2 Å². The van der Waals surface area contributed by atoms with Crippen LogP contribution in [0.3, 0.4) is 0 Å². The van der Waals surface area contributed by atoms with Crippen molar-refractivity contribution in [1.29, 1.82) is 0 Å². The van der Waals surface area contributed by atoms with E-state index in [1.807, 2.05) is 0 Å². The van der Waals surface area contributed by atoms with Crippen LogP contribution in [0.5, 0.6) is 0 Å². The smallest absolute Gasteiger partial charge is 0.283 e. The second-order valence-corrected chi connectivity index (χ2v) is 8.43. The summed E-state index contributed by atoms with van der Waals surface area (Å²) in [6, 6.07) is 9.70. The summed E-state index contributed by atoms with van der Waals surface area (Å²) in [5.74, 6) is -0.929. The van der Waals surface area contributed by atoms with Gasteiger partial charge in [0, 0.05) is 5.56 Å². The summed E-state index contributed by atoms with van der Waals surface area (Å²) in [6.07, 6.45) is -4.59. The number of carbonyl (C=O) groups excluding carboxylic acids is 1. The summed E-state index contributed by atoms with van der Waals surface area (Å²) in [5.41, 5.74) is -0.398. The van der Waals surface area contributed by atoms with Gasteiger partial charge in [-0.25, -0.2) is 8.42 Å². The predicted octanol–water partition coefficient (Wildman–Crippen LogP) is 3.78. The molecule has 0 unspecified atom stereocenters. The Labute approximate surface area is 140 Å². The lowest BCUT2D eigenvalue weighted by molar-refractivity contribution is -0.137. The highest BCUT2D eigenvalue weighted by atomic mass is 33.1. The van der Waals surface area contributed by atoms with E-state index in [0.717, 1.165) is 17.7 Å². The molecule has 0 atom stereocenters. The van der Waals surface area contributed by atoms with Gasteiger partial charge in [-0.2, -0.15) is 13.2 Å². The Morgan fingerprint density at radius 3 is 2.29 bits per heavy atom.